The van der Waals surface area contributed by atoms with Gasteiger partial charge in [0.25, 0.3) is 5.91 Å². The fraction of sp³-hybridized carbons (Fsp3) is 0.579. The summed E-state index contributed by atoms with van der Waals surface area (Å²) in [6, 6.07) is 6.17. The SMILES string of the molecule is CC(Oc1ccc2c(c1)CCCC2)C(=O)N1CCC(C(N)=O)CC1. The second-order valence-corrected chi connectivity index (χ2v) is 6.90. The quantitative estimate of drug-likeness (QED) is 0.918. The molecule has 2 aliphatic rings. The fourth-order valence-electron chi connectivity index (χ4n) is 3.68. The summed E-state index contributed by atoms with van der Waals surface area (Å²) in [5, 5.41) is 0. The third-order valence-electron chi connectivity index (χ3n) is 5.19. The van der Waals surface area contributed by atoms with Gasteiger partial charge in [0.05, 0.1) is 0 Å². The van der Waals surface area contributed by atoms with Gasteiger partial charge >= 0.3 is 0 Å². The molecule has 5 heteroatoms. The van der Waals surface area contributed by atoms with Crippen LogP contribution >= 0.6 is 0 Å². The van der Waals surface area contributed by atoms with Crippen LogP contribution in [-0.4, -0.2) is 35.9 Å². The highest BCUT2D eigenvalue weighted by molar-refractivity contribution is 5.82. The van der Waals surface area contributed by atoms with E-state index in [1.165, 1.54) is 24.0 Å². The molecule has 1 heterocycles. The molecule has 0 saturated carbocycles. The average molecular weight is 330 g/mol. The Morgan fingerprint density at radius 3 is 2.50 bits per heavy atom. The third-order valence-corrected chi connectivity index (χ3v) is 5.19. The molecule has 5 nitrogen and oxygen atoms in total. The predicted molar refractivity (Wildman–Crippen MR) is 91.7 cm³/mol. The molecule has 0 spiro atoms. The van der Waals surface area contributed by atoms with Crippen molar-refractivity contribution in [1.29, 1.82) is 0 Å². The zero-order valence-corrected chi connectivity index (χ0v) is 14.3. The van der Waals surface area contributed by atoms with Crippen molar-refractivity contribution in [3.05, 3.63) is 29.3 Å². The second-order valence-electron chi connectivity index (χ2n) is 6.90. The molecular weight excluding hydrogens is 304 g/mol. The Labute approximate surface area is 143 Å². The lowest BCUT2D eigenvalue weighted by Gasteiger charge is -2.32. The minimum atomic E-state index is -0.517. The van der Waals surface area contributed by atoms with Crippen molar-refractivity contribution >= 4 is 11.8 Å². The number of primary amides is 1. The normalized spacial score (nSPS) is 19.5. The molecule has 24 heavy (non-hydrogen) atoms. The van der Waals surface area contributed by atoms with Gasteiger partial charge < -0.3 is 15.4 Å². The van der Waals surface area contributed by atoms with E-state index in [9.17, 15) is 9.59 Å². The number of nitrogens with zero attached hydrogens (tertiary/aromatic N) is 1. The van der Waals surface area contributed by atoms with Crippen LogP contribution in [0, 0.1) is 5.92 Å². The number of aryl methyl sites for hydroxylation is 2. The van der Waals surface area contributed by atoms with E-state index in [0.717, 1.165) is 18.6 Å². The van der Waals surface area contributed by atoms with Crippen molar-refractivity contribution in [2.75, 3.05) is 13.1 Å². The first-order valence-electron chi connectivity index (χ1n) is 8.91. The molecule has 0 bridgehead atoms. The van der Waals surface area contributed by atoms with E-state index in [2.05, 4.69) is 12.1 Å². The molecule has 130 valence electrons. The van der Waals surface area contributed by atoms with Crippen LogP contribution < -0.4 is 10.5 Å². The van der Waals surface area contributed by atoms with Crippen molar-refractivity contribution < 1.29 is 14.3 Å². The van der Waals surface area contributed by atoms with Crippen molar-refractivity contribution in [1.82, 2.24) is 4.90 Å². The minimum Gasteiger partial charge on any atom is -0.481 e. The Kier molecular flexibility index (Phi) is 5.07. The molecule has 2 N–H and O–H groups in total. The highest BCUT2D eigenvalue weighted by Crippen LogP contribution is 2.26. The maximum atomic E-state index is 12.6. The monoisotopic (exact) mass is 330 g/mol. The maximum Gasteiger partial charge on any atom is 0.263 e. The number of likely N-dealkylation sites (tertiary alicyclic amines) is 1. The summed E-state index contributed by atoms with van der Waals surface area (Å²) < 4.78 is 5.89. The van der Waals surface area contributed by atoms with Gasteiger partial charge in [-0.25, -0.2) is 0 Å². The second kappa shape index (κ2) is 7.24. The highest BCUT2D eigenvalue weighted by Gasteiger charge is 2.29. The number of rotatable bonds is 4. The number of nitrogens with two attached hydrogens (primary N) is 1. The molecule has 1 fully saturated rings. The van der Waals surface area contributed by atoms with Crippen LogP contribution in [0.1, 0.15) is 43.7 Å². The van der Waals surface area contributed by atoms with E-state index in [0.29, 0.717) is 25.9 Å². The molecule has 3 rings (SSSR count). The smallest absolute Gasteiger partial charge is 0.263 e. The Hall–Kier alpha value is -2.04. The van der Waals surface area contributed by atoms with E-state index in [1.54, 1.807) is 11.8 Å². The van der Waals surface area contributed by atoms with Gasteiger partial charge in [0, 0.05) is 19.0 Å². The number of amides is 2. The van der Waals surface area contributed by atoms with E-state index >= 15 is 0 Å². The molecule has 1 atom stereocenters. The number of hydrogen-bond donors (Lipinski definition) is 1. The van der Waals surface area contributed by atoms with Gasteiger partial charge in [-0.2, -0.15) is 0 Å². The van der Waals surface area contributed by atoms with Gasteiger partial charge in [0.2, 0.25) is 5.91 Å². The molecule has 1 aliphatic heterocycles. The summed E-state index contributed by atoms with van der Waals surface area (Å²) in [6.45, 7) is 2.94. The standard InChI is InChI=1S/C19H26N2O3/c1-13(19(23)21-10-8-15(9-11-21)18(20)22)24-17-7-6-14-4-2-3-5-16(14)12-17/h6-7,12-13,15H,2-5,8-11H2,1H3,(H2,20,22). The largest absolute Gasteiger partial charge is 0.481 e. The first-order valence-corrected chi connectivity index (χ1v) is 8.91. The molecule has 1 aromatic rings. The summed E-state index contributed by atoms with van der Waals surface area (Å²) in [5.74, 6) is 0.380. The Morgan fingerprint density at radius 2 is 1.83 bits per heavy atom. The van der Waals surface area contributed by atoms with E-state index in [4.69, 9.17) is 10.5 Å². The highest BCUT2D eigenvalue weighted by atomic mass is 16.5. The maximum absolute atomic E-state index is 12.6. The molecular formula is C19H26N2O3. The van der Waals surface area contributed by atoms with Crippen LogP contribution in [0.2, 0.25) is 0 Å². The molecule has 1 saturated heterocycles. The number of fused-ring (bicyclic) bond motifs is 1. The first-order chi connectivity index (χ1) is 11.5. The molecule has 0 radical (unpaired) electrons. The van der Waals surface area contributed by atoms with Crippen LogP contribution in [0.5, 0.6) is 5.75 Å². The average Bonchev–Trinajstić information content (AvgIpc) is 2.61. The molecule has 1 aromatic carbocycles. The number of benzene rings is 1. The Balaban J connectivity index is 1.57. The first kappa shape index (κ1) is 16.8. The lowest BCUT2D eigenvalue weighted by molar-refractivity contribution is -0.140. The van der Waals surface area contributed by atoms with Gasteiger partial charge in [-0.1, -0.05) is 6.07 Å². The van der Waals surface area contributed by atoms with Crippen molar-refractivity contribution in [2.24, 2.45) is 11.7 Å². The van der Waals surface area contributed by atoms with Gasteiger partial charge in [0.15, 0.2) is 6.10 Å². The minimum absolute atomic E-state index is 0.0179. The molecule has 2 amide bonds. The summed E-state index contributed by atoms with van der Waals surface area (Å²) in [7, 11) is 0. The summed E-state index contributed by atoms with van der Waals surface area (Å²) in [5.41, 5.74) is 8.09. The predicted octanol–water partition coefficient (Wildman–Crippen LogP) is 2.06. The zero-order chi connectivity index (χ0) is 17.1. The molecule has 0 aromatic heterocycles. The summed E-state index contributed by atoms with van der Waals surface area (Å²) >= 11 is 0. The van der Waals surface area contributed by atoms with Crippen LogP contribution in [0.15, 0.2) is 18.2 Å². The number of carbonyl (C=O) groups excluding carboxylic acids is 2. The number of hydrogen-bond acceptors (Lipinski definition) is 3. The van der Waals surface area contributed by atoms with Gasteiger partial charge in [-0.3, -0.25) is 9.59 Å². The number of ether oxygens (including phenoxy) is 1. The van der Waals surface area contributed by atoms with Crippen LogP contribution in [0.25, 0.3) is 0 Å². The summed E-state index contributed by atoms with van der Waals surface area (Å²) in [6.07, 6.45) is 5.48. The Morgan fingerprint density at radius 1 is 1.17 bits per heavy atom. The van der Waals surface area contributed by atoms with E-state index in [-0.39, 0.29) is 17.7 Å². The number of piperidine rings is 1. The zero-order valence-electron chi connectivity index (χ0n) is 14.3. The fourth-order valence-corrected chi connectivity index (χ4v) is 3.68. The van der Waals surface area contributed by atoms with Crippen molar-refractivity contribution in [3.8, 4) is 5.75 Å². The van der Waals surface area contributed by atoms with Crippen molar-refractivity contribution in [3.63, 3.8) is 0 Å². The number of carbonyl (C=O) groups is 2. The summed E-state index contributed by atoms with van der Waals surface area (Å²) in [4.78, 5) is 25.6. The van der Waals surface area contributed by atoms with Crippen LogP contribution in [0.3, 0.4) is 0 Å². The lowest BCUT2D eigenvalue weighted by Crippen LogP contribution is -2.46. The van der Waals surface area contributed by atoms with Crippen molar-refractivity contribution in [2.45, 2.75) is 51.6 Å². The molecule has 1 aliphatic carbocycles. The van der Waals surface area contributed by atoms with Gasteiger partial charge in [0.1, 0.15) is 5.75 Å². The topological polar surface area (TPSA) is 72.6 Å². The van der Waals surface area contributed by atoms with Crippen LogP contribution in [0.4, 0.5) is 0 Å². The van der Waals surface area contributed by atoms with Gasteiger partial charge in [-0.05, 0) is 68.7 Å². The third kappa shape index (κ3) is 3.71. The van der Waals surface area contributed by atoms with Crippen LogP contribution in [-0.2, 0) is 22.4 Å². The van der Waals surface area contributed by atoms with E-state index in [1.807, 2.05) is 6.07 Å². The molecule has 1 unspecified atom stereocenters. The lowest BCUT2D eigenvalue weighted by atomic mass is 9.92. The Bertz CT molecular complexity index is 621. The van der Waals surface area contributed by atoms with Gasteiger partial charge in [-0.15, -0.1) is 0 Å². The van der Waals surface area contributed by atoms with E-state index < -0.39 is 6.10 Å².